The second-order valence-electron chi connectivity index (χ2n) is 22.8. The van der Waals surface area contributed by atoms with Gasteiger partial charge in [0, 0.05) is 51.0 Å². The summed E-state index contributed by atoms with van der Waals surface area (Å²) in [4.78, 5) is 12.3. The molecule has 11 aliphatic rings. The zero-order chi connectivity index (χ0) is 44.7. The van der Waals surface area contributed by atoms with Crippen LogP contribution in [-0.4, -0.2) is 155 Å². The van der Waals surface area contributed by atoms with Gasteiger partial charge in [0.05, 0.1) is 114 Å². The topological polar surface area (TPSA) is 159 Å². The Bertz CT molecular complexity index is 1910. The maximum Gasteiger partial charge on any atom is 0.331 e. The van der Waals surface area contributed by atoms with Crippen LogP contribution in [0.3, 0.4) is 0 Å². The molecule has 9 saturated heterocycles. The van der Waals surface area contributed by atoms with E-state index in [-0.39, 0.29) is 116 Å². The summed E-state index contributed by atoms with van der Waals surface area (Å²) in [6, 6.07) is 0. The summed E-state index contributed by atoms with van der Waals surface area (Å²) < 4.78 is 75.7. The minimum atomic E-state index is -0.886. The highest BCUT2D eigenvalue weighted by atomic mass is 16.7. The average molecular weight is 897 g/mol. The number of esters is 1. The number of hydrogen-bond donors (Lipinski definition) is 2. The minimum Gasteiger partial charge on any atom is -0.456 e. The van der Waals surface area contributed by atoms with Gasteiger partial charge in [0.15, 0.2) is 0 Å². The average Bonchev–Trinajstić information content (AvgIpc) is 3.43. The number of hydrogen-bond acceptors (Lipinski definition) is 14. The van der Waals surface area contributed by atoms with Gasteiger partial charge in [-0.05, 0) is 90.7 Å². The van der Waals surface area contributed by atoms with Crippen molar-refractivity contribution in [3.8, 4) is 0 Å². The standard InChI is InChI=1S/C50H72O14/c1-25(24-51)14-28-17-37(52)50(8)41(54-28)19-33-34(61-50)18-32-29(55-33)10-9-12-46(4)42(58-32)23-49(7)40(62-46)21-39-47(5,64-49)13-11-30-44(60-39)26(2)15-31-36(56-30)22-48(6)38(57-31)20-35-45(63-48)27(3)16-43(53)59-35/h9-10,16,26,28-42,44-45,51-52H,1,11-15,17-24H2,2-8H3/b10-9-/t26-,28-,29?,30+,31?,32+,33?,34-,35?,36-,37+,38?,39?,40?,41?,42-,44?,45-,46+,47-,48+,49+,50+/m1/s1. The Morgan fingerprint density at radius 1 is 0.719 bits per heavy atom. The molecule has 356 valence electrons. The Morgan fingerprint density at radius 3 is 2.30 bits per heavy atom. The van der Waals surface area contributed by atoms with Crippen LogP contribution in [-0.2, 0) is 56.9 Å². The maximum absolute atomic E-state index is 12.3. The molecule has 0 aromatic heterocycles. The Balaban J connectivity index is 0.776. The quantitative estimate of drug-likeness (QED) is 0.279. The maximum atomic E-state index is 12.3. The first kappa shape index (κ1) is 44.7. The monoisotopic (exact) mass is 896 g/mol. The molecular weight excluding hydrogens is 825 g/mol. The number of ether oxygens (including phenoxy) is 11. The van der Waals surface area contributed by atoms with E-state index < -0.39 is 34.1 Å². The third-order valence-electron chi connectivity index (χ3n) is 17.9. The molecule has 0 spiro atoms. The molecule has 9 unspecified atom stereocenters. The molecule has 0 bridgehead atoms. The summed E-state index contributed by atoms with van der Waals surface area (Å²) in [6.45, 7) is 18.7. The van der Waals surface area contributed by atoms with Crippen molar-refractivity contribution in [3.63, 3.8) is 0 Å². The fraction of sp³-hybridized carbons (Fsp3) is 0.860. The number of rotatable bonds is 3. The Morgan fingerprint density at radius 2 is 1.48 bits per heavy atom. The molecule has 0 aromatic rings. The van der Waals surface area contributed by atoms with Crippen molar-refractivity contribution < 1.29 is 67.1 Å². The van der Waals surface area contributed by atoms with Crippen LogP contribution in [0.1, 0.15) is 126 Å². The van der Waals surface area contributed by atoms with Crippen molar-refractivity contribution in [3.05, 3.63) is 36.0 Å². The molecule has 0 amide bonds. The number of carbonyl (C=O) groups is 1. The van der Waals surface area contributed by atoms with Gasteiger partial charge in [-0.3, -0.25) is 0 Å². The van der Waals surface area contributed by atoms with Crippen LogP contribution < -0.4 is 0 Å². The lowest BCUT2D eigenvalue weighted by molar-refractivity contribution is -0.356. The highest BCUT2D eigenvalue weighted by molar-refractivity contribution is 5.84. The summed E-state index contributed by atoms with van der Waals surface area (Å²) in [5, 5.41) is 21.0. The van der Waals surface area contributed by atoms with Crippen molar-refractivity contribution >= 4 is 5.97 Å². The molecule has 0 saturated carbocycles. The first-order valence-electron chi connectivity index (χ1n) is 24.5. The Kier molecular flexibility index (Phi) is 11.1. The van der Waals surface area contributed by atoms with Gasteiger partial charge in [-0.25, -0.2) is 4.79 Å². The molecule has 0 radical (unpaired) electrons. The van der Waals surface area contributed by atoms with Crippen molar-refractivity contribution in [2.45, 2.75) is 257 Å². The molecule has 11 heterocycles. The molecule has 11 rings (SSSR count). The van der Waals surface area contributed by atoms with Crippen LogP contribution >= 0.6 is 0 Å². The predicted molar refractivity (Wildman–Crippen MR) is 229 cm³/mol. The van der Waals surface area contributed by atoms with Crippen molar-refractivity contribution in [2.75, 3.05) is 6.61 Å². The SMILES string of the molecule is C=C(CO)C[C@@H]1C[C@H](O)[C@]2(C)O[C@@H]3C[C@@H]4O[C@@H]5C[C@]6(C)O[C@]7(C)CC[C@@H]8O[C@@H]9C[C@]%10(C)O[C@@H]%11C(C)=CC(=O)OC%11CC%10OC9C[C@@H](C)C8OC7CC6O[C@@]5(C)C/C=C\C4OC3CC2O1. The predicted octanol–water partition coefficient (Wildman–Crippen LogP) is 5.27. The second-order valence-corrected chi connectivity index (χ2v) is 22.8. The highest BCUT2D eigenvalue weighted by Gasteiger charge is 2.64. The number of fused-ring (bicyclic) bond motifs is 10. The van der Waals surface area contributed by atoms with E-state index in [2.05, 4.69) is 53.3 Å². The zero-order valence-electron chi connectivity index (χ0n) is 38.8. The fourth-order valence-electron chi connectivity index (χ4n) is 14.0. The molecule has 2 N–H and O–H groups in total. The van der Waals surface area contributed by atoms with Crippen molar-refractivity contribution in [2.24, 2.45) is 5.92 Å². The van der Waals surface area contributed by atoms with E-state index in [1.165, 1.54) is 0 Å². The molecule has 64 heavy (non-hydrogen) atoms. The third kappa shape index (κ3) is 7.46. The lowest BCUT2D eigenvalue weighted by Crippen LogP contribution is -2.70. The molecule has 14 nitrogen and oxygen atoms in total. The van der Waals surface area contributed by atoms with Gasteiger partial charge < -0.3 is 62.3 Å². The lowest BCUT2D eigenvalue weighted by atomic mass is 9.72. The van der Waals surface area contributed by atoms with Crippen LogP contribution in [0.4, 0.5) is 0 Å². The van der Waals surface area contributed by atoms with Crippen LogP contribution in [0.5, 0.6) is 0 Å². The summed E-state index contributed by atoms with van der Waals surface area (Å²) in [5.41, 5.74) is -1.68. The zero-order valence-corrected chi connectivity index (χ0v) is 38.8. The van der Waals surface area contributed by atoms with E-state index in [4.69, 9.17) is 52.1 Å². The van der Waals surface area contributed by atoms with Gasteiger partial charge >= 0.3 is 5.97 Å². The lowest BCUT2D eigenvalue weighted by Gasteiger charge is -2.60. The van der Waals surface area contributed by atoms with Crippen LogP contribution in [0.15, 0.2) is 36.0 Å². The van der Waals surface area contributed by atoms with Crippen molar-refractivity contribution in [1.29, 1.82) is 0 Å². The summed E-state index contributed by atoms with van der Waals surface area (Å²) >= 11 is 0. The van der Waals surface area contributed by atoms with Gasteiger partial charge in [0.1, 0.15) is 23.9 Å². The molecule has 0 aliphatic carbocycles. The van der Waals surface area contributed by atoms with E-state index in [9.17, 15) is 15.0 Å². The van der Waals surface area contributed by atoms with Gasteiger partial charge in [0.25, 0.3) is 0 Å². The third-order valence-corrected chi connectivity index (χ3v) is 17.9. The van der Waals surface area contributed by atoms with Gasteiger partial charge in [0.2, 0.25) is 0 Å². The largest absolute Gasteiger partial charge is 0.456 e. The fourth-order valence-corrected chi connectivity index (χ4v) is 14.0. The number of aliphatic hydroxyl groups excluding tert-OH is 2. The van der Waals surface area contributed by atoms with Crippen LogP contribution in [0, 0.1) is 5.92 Å². The molecular formula is C50H72O14. The molecule has 11 aliphatic heterocycles. The van der Waals surface area contributed by atoms with E-state index in [0.29, 0.717) is 63.4 Å². The van der Waals surface area contributed by atoms with E-state index >= 15 is 0 Å². The number of aliphatic hydroxyl groups is 2. The first-order valence-corrected chi connectivity index (χ1v) is 24.5. The first-order chi connectivity index (χ1) is 30.4. The van der Waals surface area contributed by atoms with Crippen molar-refractivity contribution in [1.82, 2.24) is 0 Å². The Labute approximate surface area is 377 Å². The van der Waals surface area contributed by atoms with Crippen LogP contribution in [0.2, 0.25) is 0 Å². The number of carbonyl (C=O) groups excluding carboxylic acids is 1. The summed E-state index contributed by atoms with van der Waals surface area (Å²) in [6.07, 6.45) is 9.32. The van der Waals surface area contributed by atoms with Gasteiger partial charge in [-0.15, -0.1) is 0 Å². The van der Waals surface area contributed by atoms with E-state index in [1.807, 2.05) is 13.8 Å². The normalized spacial score (nSPS) is 57.0. The summed E-state index contributed by atoms with van der Waals surface area (Å²) in [5.74, 6) is -0.141. The van der Waals surface area contributed by atoms with E-state index in [1.54, 1.807) is 6.08 Å². The Hall–Kier alpha value is -1.79. The molecule has 14 heteroatoms. The minimum absolute atomic E-state index is 0.101. The highest BCUT2D eigenvalue weighted by Crippen LogP contribution is 2.55. The summed E-state index contributed by atoms with van der Waals surface area (Å²) in [7, 11) is 0. The van der Waals surface area contributed by atoms with Gasteiger partial charge in [-0.2, -0.15) is 0 Å². The van der Waals surface area contributed by atoms with Gasteiger partial charge in [-0.1, -0.05) is 25.7 Å². The molecule has 9 fully saturated rings. The van der Waals surface area contributed by atoms with Crippen LogP contribution in [0.25, 0.3) is 0 Å². The molecule has 0 aromatic carbocycles. The smallest absolute Gasteiger partial charge is 0.331 e. The molecule has 23 atom stereocenters. The van der Waals surface area contributed by atoms with E-state index in [0.717, 1.165) is 24.8 Å². The second kappa shape index (κ2) is 15.9.